The number of benzene rings is 2. The molecule has 3 heterocycles. The van der Waals surface area contributed by atoms with Crippen LogP contribution in [-0.2, 0) is 27.1 Å². The third-order valence-electron chi connectivity index (χ3n) is 6.04. The van der Waals surface area contributed by atoms with E-state index in [1.807, 2.05) is 0 Å². The van der Waals surface area contributed by atoms with Crippen molar-refractivity contribution in [1.82, 2.24) is 10.2 Å². The maximum atomic E-state index is 13.3. The first-order chi connectivity index (χ1) is 19.2. The quantitative estimate of drug-likeness (QED) is 0.407. The SMILES string of the molecule is O=C(CCC1N=C2c3ccccc3N=C(SCC(=O)Nc3cccc(C(F)(F)F)c3)N2C1=O)NCc1ccco1. The van der Waals surface area contributed by atoms with Gasteiger partial charge in [0.25, 0.3) is 5.91 Å². The fourth-order valence-corrected chi connectivity index (χ4v) is 4.94. The molecular weight excluding hydrogens is 547 g/mol. The van der Waals surface area contributed by atoms with Crippen LogP contribution in [0.15, 0.2) is 81.3 Å². The molecule has 13 heteroatoms. The number of carbonyl (C=O) groups is 3. The number of furan rings is 1. The van der Waals surface area contributed by atoms with Crippen molar-refractivity contribution in [1.29, 1.82) is 0 Å². The molecule has 5 rings (SSSR count). The molecule has 0 radical (unpaired) electrons. The zero-order chi connectivity index (χ0) is 28.3. The molecule has 0 bridgehead atoms. The van der Waals surface area contributed by atoms with Crippen molar-refractivity contribution >= 4 is 51.9 Å². The molecule has 0 saturated carbocycles. The maximum absolute atomic E-state index is 13.3. The Morgan fingerprint density at radius 3 is 2.65 bits per heavy atom. The Balaban J connectivity index is 1.25. The van der Waals surface area contributed by atoms with Gasteiger partial charge < -0.3 is 15.1 Å². The van der Waals surface area contributed by atoms with Gasteiger partial charge in [0, 0.05) is 17.7 Å². The Morgan fingerprint density at radius 1 is 1.05 bits per heavy atom. The minimum atomic E-state index is -4.54. The second kappa shape index (κ2) is 11.4. The largest absolute Gasteiger partial charge is 0.467 e. The summed E-state index contributed by atoms with van der Waals surface area (Å²) in [5.41, 5.74) is 0.318. The summed E-state index contributed by atoms with van der Waals surface area (Å²) in [6.45, 7) is 0.231. The van der Waals surface area contributed by atoms with Gasteiger partial charge in [-0.1, -0.05) is 30.0 Å². The number of hydrogen-bond acceptors (Lipinski definition) is 7. The van der Waals surface area contributed by atoms with E-state index >= 15 is 0 Å². The van der Waals surface area contributed by atoms with Crippen LogP contribution in [0, 0.1) is 0 Å². The minimum absolute atomic E-state index is 0.00115. The first-order valence-corrected chi connectivity index (χ1v) is 13.2. The van der Waals surface area contributed by atoms with Gasteiger partial charge in [0.15, 0.2) is 5.17 Å². The smallest absolute Gasteiger partial charge is 0.416 e. The summed E-state index contributed by atoms with van der Waals surface area (Å²) in [6.07, 6.45) is -2.81. The summed E-state index contributed by atoms with van der Waals surface area (Å²) < 4.78 is 44.2. The molecule has 0 saturated heterocycles. The fraction of sp³-hybridized carbons (Fsp3) is 0.222. The Morgan fingerprint density at radius 2 is 1.88 bits per heavy atom. The van der Waals surface area contributed by atoms with Crippen LogP contribution in [0.1, 0.15) is 29.7 Å². The monoisotopic (exact) mass is 569 g/mol. The van der Waals surface area contributed by atoms with Gasteiger partial charge in [-0.05, 0) is 48.9 Å². The van der Waals surface area contributed by atoms with Crippen LogP contribution >= 0.6 is 11.8 Å². The molecule has 0 spiro atoms. The molecular formula is C27H22F3N5O4S. The van der Waals surface area contributed by atoms with Crippen LogP contribution in [-0.4, -0.2) is 45.4 Å². The second-order valence-electron chi connectivity index (χ2n) is 8.86. The molecule has 2 N–H and O–H groups in total. The second-order valence-corrected chi connectivity index (χ2v) is 9.81. The van der Waals surface area contributed by atoms with E-state index in [1.165, 1.54) is 23.3 Å². The highest BCUT2D eigenvalue weighted by atomic mass is 32.2. The predicted octanol–water partition coefficient (Wildman–Crippen LogP) is 4.73. The lowest BCUT2D eigenvalue weighted by Gasteiger charge is -2.25. The van der Waals surface area contributed by atoms with E-state index in [0.29, 0.717) is 22.8 Å². The summed E-state index contributed by atoms with van der Waals surface area (Å²) in [6, 6.07) is 14.0. The number of aliphatic imine (C=N–C) groups is 2. The molecule has 2 aliphatic heterocycles. The van der Waals surface area contributed by atoms with E-state index in [0.717, 1.165) is 23.9 Å². The molecule has 3 aromatic rings. The average molecular weight is 570 g/mol. The molecule has 0 fully saturated rings. The molecule has 40 heavy (non-hydrogen) atoms. The standard InChI is InChI=1S/C27H22F3N5O4S/c28-27(29,30)16-5-3-6-17(13-16)32-23(37)15-40-26-34-20-9-2-1-8-19(20)24-33-21(25(38)35(24)26)10-11-22(36)31-14-18-7-4-12-39-18/h1-9,12-13,21H,10-11,14-15H2,(H,31,36)(H,32,37). The number of fused-ring (bicyclic) bond motifs is 3. The van der Waals surface area contributed by atoms with Crippen LogP contribution in [0.5, 0.6) is 0 Å². The highest BCUT2D eigenvalue weighted by Crippen LogP contribution is 2.34. The molecule has 0 aliphatic carbocycles. The van der Waals surface area contributed by atoms with E-state index in [-0.39, 0.29) is 47.8 Å². The number of halogens is 3. The number of alkyl halides is 3. The van der Waals surface area contributed by atoms with Gasteiger partial charge in [0.05, 0.1) is 29.8 Å². The van der Waals surface area contributed by atoms with Crippen molar-refractivity contribution in [3.8, 4) is 0 Å². The van der Waals surface area contributed by atoms with Crippen LogP contribution in [0.4, 0.5) is 24.5 Å². The van der Waals surface area contributed by atoms with Gasteiger partial charge in [-0.2, -0.15) is 13.2 Å². The van der Waals surface area contributed by atoms with Crippen molar-refractivity contribution in [3.05, 3.63) is 83.8 Å². The van der Waals surface area contributed by atoms with Gasteiger partial charge in [-0.3, -0.25) is 19.4 Å². The summed E-state index contributed by atoms with van der Waals surface area (Å²) in [5, 5.41) is 5.40. The predicted molar refractivity (Wildman–Crippen MR) is 143 cm³/mol. The Kier molecular flexibility index (Phi) is 7.74. The molecule has 2 aliphatic rings. The van der Waals surface area contributed by atoms with Crippen molar-refractivity contribution in [2.75, 3.05) is 11.1 Å². The third-order valence-corrected chi connectivity index (χ3v) is 6.98. The number of anilines is 1. The number of para-hydroxylation sites is 1. The third kappa shape index (κ3) is 6.09. The summed E-state index contributed by atoms with van der Waals surface area (Å²) in [7, 11) is 0. The van der Waals surface area contributed by atoms with Gasteiger partial charge in [0.1, 0.15) is 17.6 Å². The van der Waals surface area contributed by atoms with E-state index in [4.69, 9.17) is 4.42 Å². The van der Waals surface area contributed by atoms with Crippen LogP contribution in [0.25, 0.3) is 0 Å². The van der Waals surface area contributed by atoms with E-state index in [2.05, 4.69) is 20.6 Å². The van der Waals surface area contributed by atoms with E-state index < -0.39 is 23.7 Å². The van der Waals surface area contributed by atoms with Crippen molar-refractivity contribution in [2.24, 2.45) is 9.98 Å². The van der Waals surface area contributed by atoms with Crippen molar-refractivity contribution < 1.29 is 32.0 Å². The Hall–Kier alpha value is -4.39. The first-order valence-electron chi connectivity index (χ1n) is 12.2. The highest BCUT2D eigenvalue weighted by Gasteiger charge is 2.41. The number of amides is 3. The Labute approximate surface area is 230 Å². The number of hydrogen-bond donors (Lipinski definition) is 2. The number of carbonyl (C=O) groups excluding carboxylic acids is 3. The maximum Gasteiger partial charge on any atom is 0.416 e. The zero-order valence-electron chi connectivity index (χ0n) is 20.8. The number of nitrogens with zero attached hydrogens (tertiary/aromatic N) is 3. The van der Waals surface area contributed by atoms with Gasteiger partial charge in [-0.25, -0.2) is 9.89 Å². The summed E-state index contributed by atoms with van der Waals surface area (Å²) in [4.78, 5) is 48.7. The number of amidine groups is 2. The normalized spacial score (nSPS) is 16.1. The van der Waals surface area contributed by atoms with E-state index in [9.17, 15) is 27.6 Å². The molecule has 206 valence electrons. The number of rotatable bonds is 8. The lowest BCUT2D eigenvalue weighted by atomic mass is 10.1. The molecule has 1 unspecified atom stereocenters. The van der Waals surface area contributed by atoms with Crippen LogP contribution in [0.3, 0.4) is 0 Å². The Bertz CT molecular complexity index is 1500. The molecule has 1 aromatic heterocycles. The van der Waals surface area contributed by atoms with Crippen LogP contribution < -0.4 is 10.6 Å². The molecule has 9 nitrogen and oxygen atoms in total. The zero-order valence-corrected chi connectivity index (χ0v) is 21.6. The highest BCUT2D eigenvalue weighted by molar-refractivity contribution is 8.14. The first kappa shape index (κ1) is 27.2. The summed E-state index contributed by atoms with van der Waals surface area (Å²) in [5.74, 6) is -0.446. The van der Waals surface area contributed by atoms with Gasteiger partial charge in [0.2, 0.25) is 11.8 Å². The number of nitrogens with one attached hydrogen (secondary N) is 2. The van der Waals surface area contributed by atoms with E-state index in [1.54, 1.807) is 36.4 Å². The molecule has 3 amide bonds. The van der Waals surface area contributed by atoms with Crippen LogP contribution in [0.2, 0.25) is 0 Å². The summed E-state index contributed by atoms with van der Waals surface area (Å²) >= 11 is 0.962. The lowest BCUT2D eigenvalue weighted by Crippen LogP contribution is -2.41. The van der Waals surface area contributed by atoms with Crippen molar-refractivity contribution in [2.45, 2.75) is 31.6 Å². The van der Waals surface area contributed by atoms with Gasteiger partial charge in [-0.15, -0.1) is 0 Å². The molecule has 2 aromatic carbocycles. The number of thioether (sulfide) groups is 1. The average Bonchev–Trinajstić information content (AvgIpc) is 3.57. The lowest BCUT2D eigenvalue weighted by molar-refractivity contribution is -0.137. The topological polar surface area (TPSA) is 116 Å². The minimum Gasteiger partial charge on any atom is -0.467 e. The fourth-order valence-electron chi connectivity index (χ4n) is 4.14. The molecule has 1 atom stereocenters. The van der Waals surface area contributed by atoms with Crippen molar-refractivity contribution in [3.63, 3.8) is 0 Å². The van der Waals surface area contributed by atoms with Gasteiger partial charge >= 0.3 is 6.18 Å².